The van der Waals surface area contributed by atoms with Gasteiger partial charge in [-0.1, -0.05) is 17.7 Å². The summed E-state index contributed by atoms with van der Waals surface area (Å²) in [5.74, 6) is -0.487. The van der Waals surface area contributed by atoms with Crippen molar-refractivity contribution in [2.24, 2.45) is 0 Å². The van der Waals surface area contributed by atoms with Gasteiger partial charge in [-0.15, -0.1) is 0 Å². The minimum atomic E-state index is -3.85. The number of benzene rings is 2. The van der Waals surface area contributed by atoms with Gasteiger partial charge in [0.05, 0.1) is 35.3 Å². The van der Waals surface area contributed by atoms with Crippen molar-refractivity contribution < 1.29 is 17.5 Å². The minimum Gasteiger partial charge on any atom is -0.376 e. The maximum atomic E-state index is 14.6. The standard InChI is InChI=1S/C20H21ClFN3O3S/c1-14-13-25(9-10-28-14)19(20-17(21)3-2-4-18(20)22)12-24-29(26,27)16-7-5-15(11-23)6-8-16/h2-8,14,19,24H,9-10,12-13H2,1H3. The summed E-state index contributed by atoms with van der Waals surface area (Å²) in [5.41, 5.74) is 0.619. The highest BCUT2D eigenvalue weighted by molar-refractivity contribution is 7.89. The van der Waals surface area contributed by atoms with Crippen LogP contribution in [0.15, 0.2) is 47.4 Å². The summed E-state index contributed by atoms with van der Waals surface area (Å²) in [6.07, 6.45) is -0.0630. The van der Waals surface area contributed by atoms with Crippen LogP contribution in [0.2, 0.25) is 5.02 Å². The highest BCUT2D eigenvalue weighted by Crippen LogP contribution is 2.31. The largest absolute Gasteiger partial charge is 0.376 e. The normalized spacial score (nSPS) is 18.9. The first kappa shape index (κ1) is 21.7. The van der Waals surface area contributed by atoms with Crippen molar-refractivity contribution >= 4 is 21.6 Å². The summed E-state index contributed by atoms with van der Waals surface area (Å²) in [7, 11) is -3.85. The van der Waals surface area contributed by atoms with Crippen molar-refractivity contribution in [2.75, 3.05) is 26.2 Å². The van der Waals surface area contributed by atoms with E-state index in [4.69, 9.17) is 21.6 Å². The van der Waals surface area contributed by atoms with Crippen molar-refractivity contribution in [3.8, 4) is 6.07 Å². The minimum absolute atomic E-state index is 0.0326. The molecule has 29 heavy (non-hydrogen) atoms. The fourth-order valence-electron chi connectivity index (χ4n) is 3.35. The van der Waals surface area contributed by atoms with E-state index in [1.807, 2.05) is 17.9 Å². The molecule has 1 N–H and O–H groups in total. The zero-order valence-corrected chi connectivity index (χ0v) is 17.4. The molecule has 0 saturated carbocycles. The molecule has 154 valence electrons. The maximum Gasteiger partial charge on any atom is 0.240 e. The van der Waals surface area contributed by atoms with Crippen molar-refractivity contribution in [2.45, 2.75) is 24.0 Å². The van der Waals surface area contributed by atoms with Crippen LogP contribution < -0.4 is 4.72 Å². The van der Waals surface area contributed by atoms with E-state index in [9.17, 15) is 12.8 Å². The van der Waals surface area contributed by atoms with Gasteiger partial charge in [0.25, 0.3) is 0 Å². The van der Waals surface area contributed by atoms with Crippen LogP contribution in [0.25, 0.3) is 0 Å². The maximum absolute atomic E-state index is 14.6. The summed E-state index contributed by atoms with van der Waals surface area (Å²) in [6.45, 7) is 3.36. The quantitative estimate of drug-likeness (QED) is 0.750. The summed E-state index contributed by atoms with van der Waals surface area (Å²) in [6, 6.07) is 11.4. The molecule has 0 aliphatic carbocycles. The zero-order chi connectivity index (χ0) is 21.0. The van der Waals surface area contributed by atoms with Crippen LogP contribution >= 0.6 is 11.6 Å². The van der Waals surface area contributed by atoms with Gasteiger partial charge in [0.15, 0.2) is 0 Å². The van der Waals surface area contributed by atoms with Crippen LogP contribution in [0.1, 0.15) is 24.1 Å². The lowest BCUT2D eigenvalue weighted by Crippen LogP contribution is -2.46. The monoisotopic (exact) mass is 437 g/mol. The van der Waals surface area contributed by atoms with Crippen LogP contribution in [0.5, 0.6) is 0 Å². The van der Waals surface area contributed by atoms with Crippen LogP contribution in [-0.4, -0.2) is 45.7 Å². The molecule has 6 nitrogen and oxygen atoms in total. The van der Waals surface area contributed by atoms with E-state index in [1.165, 1.54) is 36.4 Å². The molecule has 2 atom stereocenters. The molecule has 0 bridgehead atoms. The summed E-state index contributed by atoms with van der Waals surface area (Å²) in [4.78, 5) is 2.00. The first-order valence-corrected chi connectivity index (χ1v) is 11.0. The molecule has 9 heteroatoms. The average Bonchev–Trinajstić information content (AvgIpc) is 2.70. The lowest BCUT2D eigenvalue weighted by molar-refractivity contribution is -0.0342. The highest BCUT2D eigenvalue weighted by atomic mass is 35.5. The molecule has 0 aromatic heterocycles. The van der Waals surface area contributed by atoms with Gasteiger partial charge in [0.1, 0.15) is 5.82 Å². The SMILES string of the molecule is CC1CN(C(CNS(=O)(=O)c2ccc(C#N)cc2)c2c(F)cccc2Cl)CCO1. The van der Waals surface area contributed by atoms with Crippen molar-refractivity contribution in [3.05, 3.63) is 64.4 Å². The molecule has 1 fully saturated rings. The lowest BCUT2D eigenvalue weighted by Gasteiger charge is -2.38. The molecule has 0 spiro atoms. The van der Waals surface area contributed by atoms with Gasteiger partial charge in [-0.05, 0) is 43.3 Å². The number of halogens is 2. The number of nitrogens with zero attached hydrogens (tertiary/aromatic N) is 2. The number of rotatable bonds is 6. The zero-order valence-electron chi connectivity index (χ0n) is 15.8. The Hall–Kier alpha value is -2.02. The number of ether oxygens (including phenoxy) is 1. The Balaban J connectivity index is 1.87. The molecule has 1 aliphatic heterocycles. The molecule has 2 aromatic carbocycles. The number of nitrogens with one attached hydrogen (secondary N) is 1. The van der Waals surface area contributed by atoms with Crippen LogP contribution in [0.4, 0.5) is 4.39 Å². The van der Waals surface area contributed by atoms with Crippen molar-refractivity contribution in [3.63, 3.8) is 0 Å². The Kier molecular flexibility index (Phi) is 6.88. The second-order valence-corrected chi connectivity index (χ2v) is 8.99. The molecule has 0 amide bonds. The fourth-order valence-corrected chi connectivity index (χ4v) is 4.68. The number of morpholine rings is 1. The Bertz CT molecular complexity index is 988. The number of sulfonamides is 1. The number of hydrogen-bond acceptors (Lipinski definition) is 5. The first-order chi connectivity index (χ1) is 13.8. The van der Waals surface area contributed by atoms with Gasteiger partial charge in [-0.2, -0.15) is 5.26 Å². The average molecular weight is 438 g/mol. The van der Waals surface area contributed by atoms with Crippen LogP contribution in [0.3, 0.4) is 0 Å². The smallest absolute Gasteiger partial charge is 0.240 e. The highest BCUT2D eigenvalue weighted by Gasteiger charge is 2.30. The lowest BCUT2D eigenvalue weighted by atomic mass is 10.0. The van der Waals surface area contributed by atoms with Crippen LogP contribution in [-0.2, 0) is 14.8 Å². The topological polar surface area (TPSA) is 82.4 Å². The molecule has 1 heterocycles. The second kappa shape index (κ2) is 9.20. The fraction of sp³-hybridized carbons (Fsp3) is 0.350. The van der Waals surface area contributed by atoms with Gasteiger partial charge in [0.2, 0.25) is 10.0 Å². The summed E-state index contributed by atoms with van der Waals surface area (Å²) < 4.78 is 48.2. The Morgan fingerprint density at radius 3 is 2.69 bits per heavy atom. The van der Waals surface area contributed by atoms with Crippen molar-refractivity contribution in [1.29, 1.82) is 5.26 Å². The van der Waals surface area contributed by atoms with E-state index >= 15 is 0 Å². The van der Waals surface area contributed by atoms with Gasteiger partial charge in [-0.3, -0.25) is 4.90 Å². The van der Waals surface area contributed by atoms with Gasteiger partial charge < -0.3 is 4.74 Å². The molecule has 0 radical (unpaired) electrons. The van der Waals surface area contributed by atoms with E-state index in [0.29, 0.717) is 25.3 Å². The third kappa shape index (κ3) is 5.13. The Morgan fingerprint density at radius 2 is 2.07 bits per heavy atom. The van der Waals surface area contributed by atoms with Gasteiger partial charge >= 0.3 is 0 Å². The molecule has 2 unspecified atom stereocenters. The molecule has 2 aromatic rings. The van der Waals surface area contributed by atoms with E-state index in [0.717, 1.165) is 0 Å². The van der Waals surface area contributed by atoms with Gasteiger partial charge in [-0.25, -0.2) is 17.5 Å². The summed E-state index contributed by atoms with van der Waals surface area (Å²) in [5, 5.41) is 9.11. The molecule has 1 saturated heterocycles. The number of nitriles is 1. The third-order valence-corrected chi connectivity index (χ3v) is 6.58. The third-order valence-electron chi connectivity index (χ3n) is 4.81. The molecule has 1 aliphatic rings. The summed E-state index contributed by atoms with van der Waals surface area (Å²) >= 11 is 6.27. The van der Waals surface area contributed by atoms with E-state index in [2.05, 4.69) is 4.72 Å². The first-order valence-electron chi connectivity index (χ1n) is 9.11. The number of hydrogen-bond donors (Lipinski definition) is 1. The Labute approximate surface area is 174 Å². The van der Waals surface area contributed by atoms with E-state index in [-0.39, 0.29) is 28.1 Å². The molecular formula is C20H21ClFN3O3S. The predicted octanol–water partition coefficient (Wildman–Crippen LogP) is 3.09. The molecule has 3 rings (SSSR count). The van der Waals surface area contributed by atoms with Crippen molar-refractivity contribution in [1.82, 2.24) is 9.62 Å². The van der Waals surface area contributed by atoms with E-state index < -0.39 is 21.9 Å². The second-order valence-electron chi connectivity index (χ2n) is 6.82. The van der Waals surface area contributed by atoms with E-state index in [1.54, 1.807) is 6.07 Å². The van der Waals surface area contributed by atoms with Crippen LogP contribution in [0, 0.1) is 17.1 Å². The Morgan fingerprint density at radius 1 is 1.34 bits per heavy atom. The van der Waals surface area contributed by atoms with Gasteiger partial charge in [0, 0.05) is 30.2 Å². The molecular weight excluding hydrogens is 417 g/mol. The predicted molar refractivity (Wildman–Crippen MR) is 107 cm³/mol.